The lowest BCUT2D eigenvalue weighted by atomic mass is 10.3. The number of carbonyl (C=O) groups excluding carboxylic acids is 1. The Morgan fingerprint density at radius 3 is 2.74 bits per heavy atom. The van der Waals surface area contributed by atoms with E-state index in [2.05, 4.69) is 27.0 Å². The number of rotatable bonds is 7. The van der Waals surface area contributed by atoms with Crippen LogP contribution in [0, 0.1) is 5.82 Å². The maximum atomic E-state index is 12.8. The van der Waals surface area contributed by atoms with E-state index in [1.54, 1.807) is 23.9 Å². The fourth-order valence-electron chi connectivity index (χ4n) is 2.34. The minimum absolute atomic E-state index is 0.0888. The molecule has 122 valence electrons. The number of benzene rings is 1. The third-order valence-electron chi connectivity index (χ3n) is 3.69. The first-order valence-electron chi connectivity index (χ1n) is 7.78. The van der Waals surface area contributed by atoms with Crippen molar-refractivity contribution in [1.29, 1.82) is 0 Å². The van der Waals surface area contributed by atoms with Gasteiger partial charge in [0.25, 0.3) is 0 Å². The molecule has 23 heavy (non-hydrogen) atoms. The normalized spacial score (nSPS) is 14.0. The summed E-state index contributed by atoms with van der Waals surface area (Å²) in [4.78, 5) is 11.9. The molecule has 0 aliphatic heterocycles. The van der Waals surface area contributed by atoms with E-state index in [-0.39, 0.29) is 11.7 Å². The number of halogens is 1. The first-order chi connectivity index (χ1) is 11.2. The van der Waals surface area contributed by atoms with Gasteiger partial charge in [0.15, 0.2) is 5.16 Å². The predicted molar refractivity (Wildman–Crippen MR) is 88.0 cm³/mol. The summed E-state index contributed by atoms with van der Waals surface area (Å²) < 4.78 is 15.0. The molecule has 0 spiro atoms. The molecule has 1 heterocycles. The van der Waals surface area contributed by atoms with Gasteiger partial charge in [0.1, 0.15) is 11.6 Å². The van der Waals surface area contributed by atoms with Gasteiger partial charge in [-0.3, -0.25) is 4.79 Å². The Kier molecular flexibility index (Phi) is 4.95. The van der Waals surface area contributed by atoms with Crippen molar-refractivity contribution < 1.29 is 9.18 Å². The molecule has 1 amide bonds. The van der Waals surface area contributed by atoms with Crippen molar-refractivity contribution in [2.24, 2.45) is 0 Å². The van der Waals surface area contributed by atoms with Gasteiger partial charge in [0, 0.05) is 30.3 Å². The molecule has 1 saturated carbocycles. The van der Waals surface area contributed by atoms with Crippen molar-refractivity contribution in [2.45, 2.75) is 43.8 Å². The monoisotopic (exact) mass is 334 g/mol. The molecular formula is C16H19FN4OS. The van der Waals surface area contributed by atoms with Crippen LogP contribution in [0.4, 0.5) is 10.1 Å². The van der Waals surface area contributed by atoms with E-state index >= 15 is 0 Å². The molecule has 1 N–H and O–H groups in total. The Bertz CT molecular complexity index is 682. The van der Waals surface area contributed by atoms with Gasteiger partial charge in [-0.15, -0.1) is 10.2 Å². The zero-order valence-electron chi connectivity index (χ0n) is 13.0. The number of amides is 1. The molecule has 7 heteroatoms. The zero-order valence-corrected chi connectivity index (χ0v) is 13.8. The largest absolute Gasteiger partial charge is 0.326 e. The predicted octanol–water partition coefficient (Wildman–Crippen LogP) is 3.44. The third kappa shape index (κ3) is 4.10. The number of nitrogens with one attached hydrogen (secondary N) is 1. The molecule has 1 aromatic carbocycles. The molecule has 0 bridgehead atoms. The van der Waals surface area contributed by atoms with Gasteiger partial charge < -0.3 is 9.88 Å². The van der Waals surface area contributed by atoms with Crippen molar-refractivity contribution >= 4 is 23.4 Å². The van der Waals surface area contributed by atoms with Crippen LogP contribution in [0.3, 0.4) is 0 Å². The SMILES string of the molecule is CCn1c(SCCC(=O)Nc2ccc(F)cc2)nnc1C1CC1. The van der Waals surface area contributed by atoms with Crippen molar-refractivity contribution in [1.82, 2.24) is 14.8 Å². The lowest BCUT2D eigenvalue weighted by Crippen LogP contribution is -2.12. The standard InChI is InChI=1S/C16H19FN4OS/c1-2-21-15(11-3-4-11)19-20-16(21)23-10-9-14(22)18-13-7-5-12(17)6-8-13/h5-8,11H,2-4,9-10H2,1H3,(H,18,22). The molecule has 0 saturated heterocycles. The molecule has 0 radical (unpaired) electrons. The number of carbonyl (C=O) groups is 1. The topological polar surface area (TPSA) is 59.8 Å². The lowest BCUT2D eigenvalue weighted by Gasteiger charge is -2.07. The summed E-state index contributed by atoms with van der Waals surface area (Å²) >= 11 is 1.55. The van der Waals surface area contributed by atoms with Crippen LogP contribution in [0.1, 0.15) is 37.9 Å². The van der Waals surface area contributed by atoms with Crippen LogP contribution in [0.15, 0.2) is 29.4 Å². The summed E-state index contributed by atoms with van der Waals surface area (Å²) in [5.41, 5.74) is 0.606. The van der Waals surface area contributed by atoms with Gasteiger partial charge in [-0.25, -0.2) is 4.39 Å². The minimum Gasteiger partial charge on any atom is -0.326 e. The molecular weight excluding hydrogens is 315 g/mol. The van der Waals surface area contributed by atoms with E-state index in [0.29, 0.717) is 23.8 Å². The number of thioether (sulfide) groups is 1. The summed E-state index contributed by atoms with van der Waals surface area (Å²) in [6.07, 6.45) is 2.77. The number of anilines is 1. The molecule has 1 aromatic heterocycles. The van der Waals surface area contributed by atoms with Gasteiger partial charge in [0.05, 0.1) is 0 Å². The highest BCUT2D eigenvalue weighted by molar-refractivity contribution is 7.99. The molecule has 3 rings (SSSR count). The summed E-state index contributed by atoms with van der Waals surface area (Å²) in [5, 5.41) is 12.2. The molecule has 0 unspecified atom stereocenters. The molecule has 2 aromatic rings. The zero-order chi connectivity index (χ0) is 16.2. The van der Waals surface area contributed by atoms with Crippen molar-refractivity contribution in [2.75, 3.05) is 11.1 Å². The number of hydrogen-bond acceptors (Lipinski definition) is 4. The molecule has 1 aliphatic rings. The maximum Gasteiger partial charge on any atom is 0.225 e. The highest BCUT2D eigenvalue weighted by atomic mass is 32.2. The van der Waals surface area contributed by atoms with Crippen LogP contribution in [0.25, 0.3) is 0 Å². The first kappa shape index (κ1) is 16.0. The highest BCUT2D eigenvalue weighted by Gasteiger charge is 2.29. The van der Waals surface area contributed by atoms with E-state index in [9.17, 15) is 9.18 Å². The average Bonchev–Trinajstić information content (AvgIpc) is 3.30. The maximum absolute atomic E-state index is 12.8. The third-order valence-corrected chi connectivity index (χ3v) is 4.66. The Morgan fingerprint density at radius 1 is 1.35 bits per heavy atom. The van der Waals surface area contributed by atoms with E-state index in [1.165, 1.54) is 25.0 Å². The van der Waals surface area contributed by atoms with E-state index in [4.69, 9.17) is 0 Å². The van der Waals surface area contributed by atoms with Gasteiger partial charge in [0.2, 0.25) is 5.91 Å². The van der Waals surface area contributed by atoms with Gasteiger partial charge in [-0.1, -0.05) is 11.8 Å². The van der Waals surface area contributed by atoms with Gasteiger partial charge in [-0.05, 0) is 44.0 Å². The van der Waals surface area contributed by atoms with Crippen molar-refractivity contribution in [3.8, 4) is 0 Å². The number of hydrogen-bond donors (Lipinski definition) is 1. The van der Waals surface area contributed by atoms with Crippen LogP contribution in [0.5, 0.6) is 0 Å². The smallest absolute Gasteiger partial charge is 0.225 e. The summed E-state index contributed by atoms with van der Waals surface area (Å²) in [6.45, 7) is 2.93. The van der Waals surface area contributed by atoms with Crippen molar-refractivity contribution in [3.63, 3.8) is 0 Å². The Hall–Kier alpha value is -1.89. The second-order valence-electron chi connectivity index (χ2n) is 5.51. The Labute approximate surface area is 138 Å². The van der Waals surface area contributed by atoms with E-state index in [1.807, 2.05) is 0 Å². The number of nitrogens with zero attached hydrogens (tertiary/aromatic N) is 3. The highest BCUT2D eigenvalue weighted by Crippen LogP contribution is 2.39. The first-order valence-corrected chi connectivity index (χ1v) is 8.77. The van der Waals surface area contributed by atoms with Crippen LogP contribution >= 0.6 is 11.8 Å². The van der Waals surface area contributed by atoms with Crippen LogP contribution in [0.2, 0.25) is 0 Å². The lowest BCUT2D eigenvalue weighted by molar-refractivity contribution is -0.115. The fraction of sp³-hybridized carbons (Fsp3) is 0.438. The Balaban J connectivity index is 1.49. The Morgan fingerprint density at radius 2 is 2.09 bits per heavy atom. The minimum atomic E-state index is -0.316. The summed E-state index contributed by atoms with van der Waals surface area (Å²) in [7, 11) is 0. The van der Waals surface area contributed by atoms with Gasteiger partial charge >= 0.3 is 0 Å². The number of aromatic nitrogens is 3. The van der Waals surface area contributed by atoms with E-state index < -0.39 is 0 Å². The van der Waals surface area contributed by atoms with Crippen molar-refractivity contribution in [3.05, 3.63) is 35.9 Å². The van der Waals surface area contributed by atoms with Crippen LogP contribution in [-0.4, -0.2) is 26.4 Å². The quantitative estimate of drug-likeness (QED) is 0.788. The average molecular weight is 334 g/mol. The molecule has 0 atom stereocenters. The molecule has 1 aliphatic carbocycles. The molecule has 5 nitrogen and oxygen atoms in total. The molecule has 1 fully saturated rings. The second-order valence-corrected chi connectivity index (χ2v) is 6.57. The summed E-state index contributed by atoms with van der Waals surface area (Å²) in [6, 6.07) is 5.76. The summed E-state index contributed by atoms with van der Waals surface area (Å²) in [5.74, 6) is 1.87. The van der Waals surface area contributed by atoms with Crippen LogP contribution in [-0.2, 0) is 11.3 Å². The van der Waals surface area contributed by atoms with Crippen LogP contribution < -0.4 is 5.32 Å². The van der Waals surface area contributed by atoms with Gasteiger partial charge in [-0.2, -0.15) is 0 Å². The van der Waals surface area contributed by atoms with E-state index in [0.717, 1.165) is 17.5 Å². The second kappa shape index (κ2) is 7.12. The fourth-order valence-corrected chi connectivity index (χ4v) is 3.29.